The van der Waals surface area contributed by atoms with Gasteiger partial charge in [0.05, 0.1) is 11.5 Å². The highest BCUT2D eigenvalue weighted by atomic mass is 79.9. The minimum atomic E-state index is -3.06. The topological polar surface area (TPSA) is 103 Å². The molecule has 0 spiro atoms. The van der Waals surface area contributed by atoms with Gasteiger partial charge in [-0.3, -0.25) is 4.79 Å². The van der Waals surface area contributed by atoms with Crippen LogP contribution in [0.2, 0.25) is 0 Å². The molecule has 1 saturated heterocycles. The summed E-state index contributed by atoms with van der Waals surface area (Å²) in [6, 6.07) is 2.53. The molecule has 1 aliphatic heterocycles. The SMILES string of the molecule is O=C(COC(=O)c1ccc(Br)o1)N[C@H]1CCS(=O)(=O)C1. The van der Waals surface area contributed by atoms with E-state index in [1.165, 1.54) is 12.1 Å². The van der Waals surface area contributed by atoms with E-state index in [1.54, 1.807) is 0 Å². The van der Waals surface area contributed by atoms with Crippen molar-refractivity contribution in [3.63, 3.8) is 0 Å². The molecule has 1 N–H and O–H groups in total. The molecule has 110 valence electrons. The molecule has 1 aliphatic rings. The van der Waals surface area contributed by atoms with Crippen LogP contribution in [0.4, 0.5) is 0 Å². The van der Waals surface area contributed by atoms with Crippen LogP contribution in [0.5, 0.6) is 0 Å². The van der Waals surface area contributed by atoms with E-state index in [4.69, 9.17) is 9.15 Å². The Hall–Kier alpha value is -1.35. The summed E-state index contributed by atoms with van der Waals surface area (Å²) in [4.78, 5) is 23.0. The molecule has 2 rings (SSSR count). The molecule has 1 fully saturated rings. The van der Waals surface area contributed by atoms with Crippen LogP contribution >= 0.6 is 15.9 Å². The maximum absolute atomic E-state index is 11.5. The molecular formula is C11H12BrNO6S. The van der Waals surface area contributed by atoms with E-state index in [9.17, 15) is 18.0 Å². The van der Waals surface area contributed by atoms with E-state index >= 15 is 0 Å². The Morgan fingerprint density at radius 3 is 2.75 bits per heavy atom. The van der Waals surface area contributed by atoms with Crippen molar-refractivity contribution < 1.29 is 27.2 Å². The third-order valence-electron chi connectivity index (χ3n) is 2.71. The van der Waals surface area contributed by atoms with Crippen LogP contribution in [-0.2, 0) is 19.4 Å². The van der Waals surface area contributed by atoms with E-state index < -0.39 is 34.4 Å². The van der Waals surface area contributed by atoms with Gasteiger partial charge in [0.1, 0.15) is 0 Å². The molecule has 2 heterocycles. The Balaban J connectivity index is 1.77. The lowest BCUT2D eigenvalue weighted by Gasteiger charge is -2.10. The molecule has 1 aromatic heterocycles. The van der Waals surface area contributed by atoms with E-state index in [-0.39, 0.29) is 17.3 Å². The van der Waals surface area contributed by atoms with Crippen LogP contribution in [0.15, 0.2) is 21.2 Å². The van der Waals surface area contributed by atoms with Gasteiger partial charge in [0.15, 0.2) is 21.1 Å². The summed E-state index contributed by atoms with van der Waals surface area (Å²) in [6.07, 6.45) is 0.382. The van der Waals surface area contributed by atoms with E-state index in [0.717, 1.165) is 0 Å². The fourth-order valence-electron chi connectivity index (χ4n) is 1.80. The predicted octanol–water partition coefficient (Wildman–Crippen LogP) is 0.502. The number of sulfone groups is 1. The fourth-order valence-corrected chi connectivity index (χ4v) is 3.78. The highest BCUT2D eigenvalue weighted by Gasteiger charge is 2.29. The lowest BCUT2D eigenvalue weighted by Crippen LogP contribution is -2.38. The summed E-state index contributed by atoms with van der Waals surface area (Å²) in [6.45, 7) is -0.478. The van der Waals surface area contributed by atoms with E-state index in [0.29, 0.717) is 11.1 Å². The molecule has 0 bridgehead atoms. The van der Waals surface area contributed by atoms with Crippen molar-refractivity contribution in [2.75, 3.05) is 18.1 Å². The van der Waals surface area contributed by atoms with Gasteiger partial charge in [0, 0.05) is 6.04 Å². The summed E-state index contributed by atoms with van der Waals surface area (Å²) in [5.41, 5.74) is 0. The second-order valence-electron chi connectivity index (χ2n) is 4.35. The smallest absolute Gasteiger partial charge is 0.374 e. The average Bonchev–Trinajstić information content (AvgIpc) is 2.92. The lowest BCUT2D eigenvalue weighted by atomic mass is 10.2. The third kappa shape index (κ3) is 4.07. The van der Waals surface area contributed by atoms with Crippen LogP contribution in [0.3, 0.4) is 0 Å². The zero-order chi connectivity index (χ0) is 14.8. The number of amides is 1. The molecular weight excluding hydrogens is 354 g/mol. The zero-order valence-electron chi connectivity index (χ0n) is 10.3. The minimum Gasteiger partial charge on any atom is -0.450 e. The maximum Gasteiger partial charge on any atom is 0.374 e. The Morgan fingerprint density at radius 1 is 1.45 bits per heavy atom. The Kier molecular flexibility index (Phi) is 4.48. The fraction of sp³-hybridized carbons (Fsp3) is 0.455. The number of rotatable bonds is 4. The minimum absolute atomic E-state index is 0.0203. The highest BCUT2D eigenvalue weighted by Crippen LogP contribution is 2.15. The average molecular weight is 366 g/mol. The first-order valence-corrected chi connectivity index (χ1v) is 8.39. The molecule has 1 aromatic rings. The summed E-state index contributed by atoms with van der Waals surface area (Å²) in [5, 5.41) is 2.51. The molecule has 1 atom stereocenters. The van der Waals surface area contributed by atoms with Crippen LogP contribution in [0.25, 0.3) is 0 Å². The van der Waals surface area contributed by atoms with E-state index in [1.807, 2.05) is 0 Å². The molecule has 1 amide bonds. The zero-order valence-corrected chi connectivity index (χ0v) is 12.7. The first kappa shape index (κ1) is 15.0. The maximum atomic E-state index is 11.5. The van der Waals surface area contributed by atoms with Crippen LogP contribution in [0.1, 0.15) is 17.0 Å². The summed E-state index contributed by atoms with van der Waals surface area (Å²) in [7, 11) is -3.06. The van der Waals surface area contributed by atoms with E-state index in [2.05, 4.69) is 21.2 Å². The highest BCUT2D eigenvalue weighted by molar-refractivity contribution is 9.10. The first-order chi connectivity index (χ1) is 9.35. The molecule has 9 heteroatoms. The number of hydrogen-bond acceptors (Lipinski definition) is 6. The molecule has 7 nitrogen and oxygen atoms in total. The largest absolute Gasteiger partial charge is 0.450 e. The van der Waals surface area contributed by atoms with Gasteiger partial charge in [0.25, 0.3) is 5.91 Å². The standard InChI is InChI=1S/C11H12BrNO6S/c12-9-2-1-8(19-9)11(15)18-5-10(14)13-7-3-4-20(16,17)6-7/h1-2,7H,3-6H2,(H,13,14)/t7-/m0/s1. The quantitative estimate of drug-likeness (QED) is 0.779. The van der Waals surface area contributed by atoms with Crippen molar-refractivity contribution in [1.29, 1.82) is 0 Å². The molecule has 0 saturated carbocycles. The number of ether oxygens (including phenoxy) is 1. The molecule has 0 aromatic carbocycles. The monoisotopic (exact) mass is 365 g/mol. The van der Waals surface area contributed by atoms with Crippen LogP contribution in [-0.4, -0.2) is 44.4 Å². The molecule has 0 radical (unpaired) electrons. The van der Waals surface area contributed by atoms with Gasteiger partial charge in [-0.2, -0.15) is 0 Å². The van der Waals surface area contributed by atoms with Gasteiger partial charge in [-0.25, -0.2) is 13.2 Å². The van der Waals surface area contributed by atoms with Gasteiger partial charge in [-0.1, -0.05) is 0 Å². The van der Waals surface area contributed by atoms with Gasteiger partial charge in [-0.15, -0.1) is 0 Å². The number of hydrogen-bond donors (Lipinski definition) is 1. The number of carbonyl (C=O) groups is 2. The number of furan rings is 1. The lowest BCUT2D eigenvalue weighted by molar-refractivity contribution is -0.124. The third-order valence-corrected chi connectivity index (χ3v) is 4.90. The van der Waals surface area contributed by atoms with Crippen molar-refractivity contribution in [1.82, 2.24) is 5.32 Å². The summed E-state index contributed by atoms with van der Waals surface area (Å²) >= 11 is 3.04. The number of carbonyl (C=O) groups excluding carboxylic acids is 2. The van der Waals surface area contributed by atoms with Gasteiger partial charge >= 0.3 is 5.97 Å². The first-order valence-electron chi connectivity index (χ1n) is 5.78. The Bertz CT molecular complexity index is 623. The summed E-state index contributed by atoms with van der Waals surface area (Å²) in [5.74, 6) is -1.32. The van der Waals surface area contributed by atoms with Crippen molar-refractivity contribution in [2.24, 2.45) is 0 Å². The number of nitrogens with one attached hydrogen (secondary N) is 1. The molecule has 0 aliphatic carbocycles. The van der Waals surface area contributed by atoms with Crippen molar-refractivity contribution in [3.05, 3.63) is 22.6 Å². The number of esters is 1. The van der Waals surface area contributed by atoms with Gasteiger partial charge < -0.3 is 14.5 Å². The summed E-state index contributed by atoms with van der Waals surface area (Å²) < 4.78 is 32.5. The van der Waals surface area contributed by atoms with Crippen molar-refractivity contribution in [2.45, 2.75) is 12.5 Å². The molecule has 0 unspecified atom stereocenters. The van der Waals surface area contributed by atoms with Crippen LogP contribution in [0, 0.1) is 0 Å². The normalized spacial score (nSPS) is 20.6. The Labute approximate surface area is 123 Å². The Morgan fingerprint density at radius 2 is 2.20 bits per heavy atom. The van der Waals surface area contributed by atoms with Crippen LogP contribution < -0.4 is 5.32 Å². The predicted molar refractivity (Wildman–Crippen MR) is 71.9 cm³/mol. The van der Waals surface area contributed by atoms with Crippen molar-refractivity contribution in [3.8, 4) is 0 Å². The number of halogens is 1. The molecule has 20 heavy (non-hydrogen) atoms. The van der Waals surface area contributed by atoms with Gasteiger partial charge in [-0.05, 0) is 34.5 Å². The van der Waals surface area contributed by atoms with Crippen molar-refractivity contribution >= 4 is 37.6 Å². The van der Waals surface area contributed by atoms with Gasteiger partial charge in [0.2, 0.25) is 5.76 Å². The second-order valence-corrected chi connectivity index (χ2v) is 7.36. The second kappa shape index (κ2) is 5.96.